The summed E-state index contributed by atoms with van der Waals surface area (Å²) in [7, 11) is 0. The first-order valence-electron chi connectivity index (χ1n) is 17.3. The van der Waals surface area contributed by atoms with Crippen molar-refractivity contribution in [3.8, 4) is 22.3 Å². The molecule has 48 heavy (non-hydrogen) atoms. The highest BCUT2D eigenvalue weighted by atomic mass is 16.3. The van der Waals surface area contributed by atoms with Crippen molar-refractivity contribution in [2.24, 2.45) is 0 Å². The van der Waals surface area contributed by atoms with Gasteiger partial charge in [-0.3, -0.25) is 0 Å². The Hall–Kier alpha value is -5.60. The zero-order valence-corrected chi connectivity index (χ0v) is 27.0. The van der Waals surface area contributed by atoms with Crippen LogP contribution in [0.25, 0.3) is 55.0 Å². The van der Waals surface area contributed by atoms with E-state index in [0.717, 1.165) is 39.0 Å². The van der Waals surface area contributed by atoms with Gasteiger partial charge in [-0.25, -0.2) is 0 Å². The molecule has 2 heteroatoms. The van der Waals surface area contributed by atoms with Gasteiger partial charge in [-0.2, -0.15) is 0 Å². The summed E-state index contributed by atoms with van der Waals surface area (Å²) >= 11 is 0. The second-order valence-corrected chi connectivity index (χ2v) is 13.2. The number of nitrogens with zero attached hydrogens (tertiary/aromatic N) is 1. The standard InChI is InChI=1S/C46H37NO/c1-3-11-32(12-4-1)33-21-25-37(26-22-33)47(39-29-30-45-43(31-39)42-17-7-8-20-44(42)48-45)38-27-23-35(24-28-38)41-19-10-16-36-15-9-18-40(46(36)41)34-13-5-2-6-14-34/h2,5-10,13-32H,1,3-4,11-12H2. The van der Waals surface area contributed by atoms with Crippen LogP contribution in [0.15, 0.2) is 162 Å². The average molecular weight is 620 g/mol. The molecule has 232 valence electrons. The molecule has 7 aromatic carbocycles. The molecular weight excluding hydrogens is 583 g/mol. The van der Waals surface area contributed by atoms with Crippen molar-refractivity contribution in [3.63, 3.8) is 0 Å². The van der Waals surface area contributed by atoms with Crippen molar-refractivity contribution >= 4 is 49.8 Å². The Morgan fingerprint density at radius 1 is 0.458 bits per heavy atom. The van der Waals surface area contributed by atoms with Gasteiger partial charge in [-0.15, -0.1) is 0 Å². The molecule has 9 rings (SSSR count). The first kappa shape index (κ1) is 28.6. The maximum atomic E-state index is 6.20. The van der Waals surface area contributed by atoms with Crippen LogP contribution < -0.4 is 4.90 Å². The highest BCUT2D eigenvalue weighted by Crippen LogP contribution is 2.42. The van der Waals surface area contributed by atoms with Crippen molar-refractivity contribution in [3.05, 3.63) is 163 Å². The summed E-state index contributed by atoms with van der Waals surface area (Å²) < 4.78 is 6.20. The van der Waals surface area contributed by atoms with Gasteiger partial charge in [0.15, 0.2) is 0 Å². The molecule has 0 unspecified atom stereocenters. The number of hydrogen-bond acceptors (Lipinski definition) is 2. The molecule has 0 aliphatic heterocycles. The summed E-state index contributed by atoms with van der Waals surface area (Å²) in [5, 5.41) is 4.81. The monoisotopic (exact) mass is 619 g/mol. The predicted molar refractivity (Wildman–Crippen MR) is 203 cm³/mol. The zero-order chi connectivity index (χ0) is 31.9. The highest BCUT2D eigenvalue weighted by Gasteiger charge is 2.19. The normalized spacial score (nSPS) is 13.8. The number of benzene rings is 7. The minimum Gasteiger partial charge on any atom is -0.456 e. The fraction of sp³-hybridized carbons (Fsp3) is 0.130. The van der Waals surface area contributed by atoms with Crippen LogP contribution >= 0.6 is 0 Å². The van der Waals surface area contributed by atoms with Gasteiger partial charge in [0.1, 0.15) is 11.2 Å². The summed E-state index contributed by atoms with van der Waals surface area (Å²) in [6, 6.07) is 57.3. The molecule has 1 aromatic heterocycles. The number of rotatable bonds is 6. The maximum Gasteiger partial charge on any atom is 0.135 e. The summed E-state index contributed by atoms with van der Waals surface area (Å²) in [5.74, 6) is 0.677. The third-order valence-corrected chi connectivity index (χ3v) is 10.3. The number of furan rings is 1. The summed E-state index contributed by atoms with van der Waals surface area (Å²) in [5.41, 5.74) is 11.6. The molecular formula is C46H37NO. The molecule has 2 nitrogen and oxygen atoms in total. The van der Waals surface area contributed by atoms with Crippen molar-refractivity contribution in [2.75, 3.05) is 4.90 Å². The Morgan fingerprint density at radius 2 is 1.06 bits per heavy atom. The Morgan fingerprint density at radius 3 is 1.79 bits per heavy atom. The molecule has 0 saturated heterocycles. The van der Waals surface area contributed by atoms with E-state index in [4.69, 9.17) is 4.42 Å². The van der Waals surface area contributed by atoms with Gasteiger partial charge in [0.2, 0.25) is 0 Å². The third kappa shape index (κ3) is 5.15. The minimum atomic E-state index is 0.677. The molecule has 1 aliphatic rings. The average Bonchev–Trinajstić information content (AvgIpc) is 3.54. The number of hydrogen-bond donors (Lipinski definition) is 0. The van der Waals surface area contributed by atoms with Crippen LogP contribution in [0.1, 0.15) is 43.6 Å². The molecule has 0 amide bonds. The van der Waals surface area contributed by atoms with Crippen molar-refractivity contribution in [1.29, 1.82) is 0 Å². The molecule has 0 N–H and O–H groups in total. The van der Waals surface area contributed by atoms with Gasteiger partial charge in [0.05, 0.1) is 0 Å². The second-order valence-electron chi connectivity index (χ2n) is 13.2. The Kier molecular flexibility index (Phi) is 7.28. The topological polar surface area (TPSA) is 16.4 Å². The lowest BCUT2D eigenvalue weighted by molar-refractivity contribution is 0.443. The van der Waals surface area contributed by atoms with Crippen molar-refractivity contribution in [2.45, 2.75) is 38.0 Å². The van der Waals surface area contributed by atoms with Gasteiger partial charge in [0.25, 0.3) is 0 Å². The van der Waals surface area contributed by atoms with Gasteiger partial charge in [-0.1, -0.05) is 128 Å². The lowest BCUT2D eigenvalue weighted by atomic mass is 9.84. The Bertz CT molecular complexity index is 2360. The largest absolute Gasteiger partial charge is 0.456 e. The van der Waals surface area contributed by atoms with E-state index in [0.29, 0.717) is 5.92 Å². The SMILES string of the molecule is c1ccc(-c2cccc3cccc(-c4ccc(N(c5ccc(C6CCCCC6)cc5)c5ccc6oc7ccccc7c6c5)cc4)c23)cc1. The van der Waals surface area contributed by atoms with E-state index >= 15 is 0 Å². The van der Waals surface area contributed by atoms with Crippen molar-refractivity contribution in [1.82, 2.24) is 0 Å². The molecule has 0 spiro atoms. The van der Waals surface area contributed by atoms with E-state index in [9.17, 15) is 0 Å². The summed E-state index contributed by atoms with van der Waals surface area (Å²) in [6.07, 6.45) is 6.65. The first-order chi connectivity index (χ1) is 23.8. The van der Waals surface area contributed by atoms with Crippen LogP contribution in [-0.4, -0.2) is 0 Å². The highest BCUT2D eigenvalue weighted by molar-refractivity contribution is 6.07. The van der Waals surface area contributed by atoms with Crippen LogP contribution in [-0.2, 0) is 0 Å². The minimum absolute atomic E-state index is 0.677. The fourth-order valence-electron chi connectivity index (χ4n) is 7.86. The first-order valence-corrected chi connectivity index (χ1v) is 17.3. The lowest BCUT2D eigenvalue weighted by Gasteiger charge is -2.27. The molecule has 1 fully saturated rings. The molecule has 0 radical (unpaired) electrons. The predicted octanol–water partition coefficient (Wildman–Crippen LogP) is 13.6. The molecule has 1 saturated carbocycles. The quantitative estimate of drug-likeness (QED) is 0.184. The van der Waals surface area contributed by atoms with Gasteiger partial charge in [-0.05, 0) is 106 Å². The molecule has 8 aromatic rings. The molecule has 1 aliphatic carbocycles. The fourth-order valence-corrected chi connectivity index (χ4v) is 7.86. The third-order valence-electron chi connectivity index (χ3n) is 10.3. The van der Waals surface area contributed by atoms with Crippen molar-refractivity contribution < 1.29 is 4.42 Å². The molecule has 1 heterocycles. The zero-order valence-electron chi connectivity index (χ0n) is 27.0. The Labute approximate surface area is 281 Å². The van der Waals surface area contributed by atoms with Gasteiger partial charge < -0.3 is 9.32 Å². The Balaban J connectivity index is 1.15. The maximum absolute atomic E-state index is 6.20. The molecule has 0 bridgehead atoms. The van der Waals surface area contributed by atoms with Gasteiger partial charge >= 0.3 is 0 Å². The number of anilines is 3. The van der Waals surface area contributed by atoms with E-state index in [1.54, 1.807) is 0 Å². The van der Waals surface area contributed by atoms with Crippen LogP contribution in [0.3, 0.4) is 0 Å². The van der Waals surface area contributed by atoms with Crippen LogP contribution in [0, 0.1) is 0 Å². The smallest absolute Gasteiger partial charge is 0.135 e. The van der Waals surface area contributed by atoms with Crippen LogP contribution in [0.2, 0.25) is 0 Å². The summed E-state index contributed by atoms with van der Waals surface area (Å²) in [6.45, 7) is 0. The van der Waals surface area contributed by atoms with E-state index < -0.39 is 0 Å². The number of para-hydroxylation sites is 1. The number of fused-ring (bicyclic) bond motifs is 4. The summed E-state index contributed by atoms with van der Waals surface area (Å²) in [4.78, 5) is 2.38. The van der Waals surface area contributed by atoms with Gasteiger partial charge in [0, 0.05) is 27.8 Å². The van der Waals surface area contributed by atoms with E-state index in [2.05, 4.69) is 150 Å². The van der Waals surface area contributed by atoms with E-state index in [-0.39, 0.29) is 0 Å². The molecule has 0 atom stereocenters. The lowest BCUT2D eigenvalue weighted by Crippen LogP contribution is -2.10. The van der Waals surface area contributed by atoms with Crippen LogP contribution in [0.5, 0.6) is 0 Å². The second kappa shape index (κ2) is 12.2. The van der Waals surface area contributed by atoms with Crippen LogP contribution in [0.4, 0.5) is 17.1 Å². The van der Waals surface area contributed by atoms with E-state index in [1.807, 2.05) is 12.1 Å². The van der Waals surface area contributed by atoms with E-state index in [1.165, 1.54) is 70.7 Å².